The highest BCUT2D eigenvalue weighted by Gasteiger charge is 2.31. The molecule has 7 heteroatoms. The number of benzene rings is 1. The number of fused-ring (bicyclic) bond motifs is 1. The first kappa shape index (κ1) is 21.9. The number of carbonyl (C=O) groups excluding carboxylic acids is 1. The smallest absolute Gasteiger partial charge is 0.418 e. The van der Waals surface area contributed by atoms with Crippen molar-refractivity contribution in [3.63, 3.8) is 0 Å². The minimum atomic E-state index is -0.560. The highest BCUT2D eigenvalue weighted by molar-refractivity contribution is 5.95. The molecule has 0 N–H and O–H groups in total. The van der Waals surface area contributed by atoms with E-state index >= 15 is 0 Å². The second-order valence-corrected chi connectivity index (χ2v) is 8.77. The van der Waals surface area contributed by atoms with Crippen LogP contribution in [0.15, 0.2) is 40.4 Å². The molecule has 30 heavy (non-hydrogen) atoms. The van der Waals surface area contributed by atoms with Gasteiger partial charge in [0.2, 0.25) is 11.8 Å². The van der Waals surface area contributed by atoms with Crippen LogP contribution in [0.1, 0.15) is 40.2 Å². The SMILES string of the molecule is COC1=N[C@H](C(C)C)C(OC)=N[C@H]1Cc1cccc2c1ccn2C(=O)OC(C)(C)C. The third-order valence-corrected chi connectivity index (χ3v) is 4.96. The van der Waals surface area contributed by atoms with Crippen LogP contribution in [0, 0.1) is 5.92 Å². The van der Waals surface area contributed by atoms with E-state index < -0.39 is 11.7 Å². The molecule has 1 aliphatic heterocycles. The van der Waals surface area contributed by atoms with Gasteiger partial charge in [-0.1, -0.05) is 26.0 Å². The van der Waals surface area contributed by atoms with E-state index in [2.05, 4.69) is 13.8 Å². The van der Waals surface area contributed by atoms with E-state index in [1.165, 1.54) is 4.57 Å². The summed E-state index contributed by atoms with van der Waals surface area (Å²) in [7, 11) is 3.25. The Morgan fingerprint density at radius 3 is 2.40 bits per heavy atom. The second-order valence-electron chi connectivity index (χ2n) is 8.77. The first-order valence-electron chi connectivity index (χ1n) is 10.2. The number of rotatable bonds is 3. The summed E-state index contributed by atoms with van der Waals surface area (Å²) in [6, 6.07) is 7.38. The Kier molecular flexibility index (Phi) is 6.19. The maximum atomic E-state index is 12.6. The van der Waals surface area contributed by atoms with Crippen molar-refractivity contribution in [3.05, 3.63) is 36.0 Å². The van der Waals surface area contributed by atoms with Gasteiger partial charge < -0.3 is 14.2 Å². The van der Waals surface area contributed by atoms with Crippen LogP contribution in [0.4, 0.5) is 4.79 Å². The van der Waals surface area contributed by atoms with Crippen molar-refractivity contribution < 1.29 is 19.0 Å². The van der Waals surface area contributed by atoms with Crippen LogP contribution in [0.3, 0.4) is 0 Å². The Hall–Kier alpha value is -2.83. The molecule has 7 nitrogen and oxygen atoms in total. The van der Waals surface area contributed by atoms with E-state index in [1.807, 2.05) is 45.0 Å². The van der Waals surface area contributed by atoms with Crippen molar-refractivity contribution in [1.29, 1.82) is 0 Å². The molecule has 3 rings (SSSR count). The highest BCUT2D eigenvalue weighted by Crippen LogP contribution is 2.26. The predicted molar refractivity (Wildman–Crippen MR) is 119 cm³/mol. The lowest BCUT2D eigenvalue weighted by Crippen LogP contribution is -2.38. The zero-order valence-electron chi connectivity index (χ0n) is 18.8. The average molecular weight is 414 g/mol. The summed E-state index contributed by atoms with van der Waals surface area (Å²) in [5, 5.41) is 0.971. The fourth-order valence-corrected chi connectivity index (χ4v) is 3.58. The van der Waals surface area contributed by atoms with E-state index in [1.54, 1.807) is 20.4 Å². The molecule has 1 aromatic carbocycles. The zero-order chi connectivity index (χ0) is 22.1. The Labute approximate surface area is 177 Å². The molecule has 1 aromatic heterocycles. The molecule has 0 fully saturated rings. The topological polar surface area (TPSA) is 74.4 Å². The van der Waals surface area contributed by atoms with Gasteiger partial charge in [0.05, 0.1) is 19.7 Å². The molecule has 0 saturated heterocycles. The monoisotopic (exact) mass is 413 g/mol. The molecule has 0 aliphatic carbocycles. The first-order valence-corrected chi connectivity index (χ1v) is 10.2. The number of aromatic nitrogens is 1. The van der Waals surface area contributed by atoms with Gasteiger partial charge in [-0.3, -0.25) is 4.57 Å². The van der Waals surface area contributed by atoms with Gasteiger partial charge in [0.25, 0.3) is 0 Å². The third-order valence-electron chi connectivity index (χ3n) is 4.96. The quantitative estimate of drug-likeness (QED) is 0.744. The van der Waals surface area contributed by atoms with E-state index in [9.17, 15) is 4.79 Å². The number of ether oxygens (including phenoxy) is 3. The fourth-order valence-electron chi connectivity index (χ4n) is 3.58. The summed E-state index contributed by atoms with van der Waals surface area (Å²) in [5.41, 5.74) is 1.28. The summed E-state index contributed by atoms with van der Waals surface area (Å²) >= 11 is 0. The lowest BCUT2D eigenvalue weighted by molar-refractivity contribution is 0.0544. The maximum absolute atomic E-state index is 12.6. The van der Waals surface area contributed by atoms with Crippen molar-refractivity contribution in [2.45, 2.75) is 58.7 Å². The number of nitrogens with zero attached hydrogens (tertiary/aromatic N) is 3. The highest BCUT2D eigenvalue weighted by atomic mass is 16.6. The average Bonchev–Trinajstić information content (AvgIpc) is 3.11. The molecular formula is C23H31N3O4. The number of methoxy groups -OCH3 is 2. The summed E-state index contributed by atoms with van der Waals surface area (Å²) in [6.45, 7) is 9.72. The van der Waals surface area contributed by atoms with Crippen LogP contribution in [-0.2, 0) is 20.6 Å². The van der Waals surface area contributed by atoms with Gasteiger partial charge in [0.15, 0.2) is 0 Å². The van der Waals surface area contributed by atoms with Crippen LogP contribution in [-0.4, -0.2) is 54.4 Å². The minimum Gasteiger partial charge on any atom is -0.483 e. The minimum absolute atomic E-state index is 0.148. The number of aliphatic imine (C=N–C) groups is 2. The summed E-state index contributed by atoms with van der Waals surface area (Å²) in [4.78, 5) is 22.1. The van der Waals surface area contributed by atoms with Gasteiger partial charge >= 0.3 is 6.09 Å². The van der Waals surface area contributed by atoms with Crippen LogP contribution >= 0.6 is 0 Å². The molecule has 0 unspecified atom stereocenters. The molecule has 0 saturated carbocycles. The summed E-state index contributed by atoms with van der Waals surface area (Å²) in [6.07, 6.45) is 1.93. The molecule has 162 valence electrons. The van der Waals surface area contributed by atoms with E-state index in [0.717, 1.165) is 16.5 Å². The van der Waals surface area contributed by atoms with Crippen LogP contribution in [0.2, 0.25) is 0 Å². The number of hydrogen-bond donors (Lipinski definition) is 0. The van der Waals surface area contributed by atoms with Crippen molar-refractivity contribution in [1.82, 2.24) is 4.57 Å². The maximum Gasteiger partial charge on any atom is 0.418 e. The number of carbonyl (C=O) groups is 1. The molecule has 2 atom stereocenters. The van der Waals surface area contributed by atoms with Gasteiger partial charge in [-0.05, 0) is 44.4 Å². The van der Waals surface area contributed by atoms with Crippen molar-refractivity contribution >= 4 is 28.8 Å². The van der Waals surface area contributed by atoms with Gasteiger partial charge in [-0.25, -0.2) is 14.8 Å². The third kappa shape index (κ3) is 4.50. The normalized spacial score (nSPS) is 19.5. The standard InChI is InChI=1S/C23H31N3O4/c1-14(2)19-21(29-7)24-17(20(25-19)28-6)13-15-9-8-10-18-16(15)11-12-26(18)22(27)30-23(3,4)5/h8-12,14,17,19H,13H2,1-7H3/t17-,19+/m0/s1. The summed E-state index contributed by atoms with van der Waals surface area (Å²) < 4.78 is 18.1. The van der Waals surface area contributed by atoms with Crippen molar-refractivity contribution in [2.75, 3.05) is 14.2 Å². The van der Waals surface area contributed by atoms with Crippen LogP contribution in [0.25, 0.3) is 10.9 Å². The molecule has 0 spiro atoms. The molecule has 0 amide bonds. The largest absolute Gasteiger partial charge is 0.483 e. The molecule has 2 heterocycles. The van der Waals surface area contributed by atoms with Crippen LogP contribution < -0.4 is 0 Å². The Morgan fingerprint density at radius 1 is 1.10 bits per heavy atom. The molecular weight excluding hydrogens is 382 g/mol. The fraction of sp³-hybridized carbons (Fsp3) is 0.522. The Balaban J connectivity index is 1.93. The van der Waals surface area contributed by atoms with Crippen molar-refractivity contribution in [3.8, 4) is 0 Å². The first-order chi connectivity index (χ1) is 14.1. The molecule has 2 aromatic rings. The molecule has 0 bridgehead atoms. The van der Waals surface area contributed by atoms with Crippen LogP contribution in [0.5, 0.6) is 0 Å². The van der Waals surface area contributed by atoms with Crippen molar-refractivity contribution in [2.24, 2.45) is 15.9 Å². The lowest BCUT2D eigenvalue weighted by Gasteiger charge is -2.27. The van der Waals surface area contributed by atoms with E-state index in [-0.39, 0.29) is 18.0 Å². The molecule has 1 aliphatic rings. The zero-order valence-corrected chi connectivity index (χ0v) is 18.8. The van der Waals surface area contributed by atoms with Gasteiger partial charge in [0.1, 0.15) is 17.7 Å². The predicted octanol–water partition coefficient (Wildman–Crippen LogP) is 4.46. The van der Waals surface area contributed by atoms with E-state index in [0.29, 0.717) is 18.2 Å². The van der Waals surface area contributed by atoms with Gasteiger partial charge in [-0.2, -0.15) is 0 Å². The van der Waals surface area contributed by atoms with E-state index in [4.69, 9.17) is 24.2 Å². The molecule has 0 radical (unpaired) electrons. The number of hydrogen-bond acceptors (Lipinski definition) is 6. The van der Waals surface area contributed by atoms with Gasteiger partial charge in [-0.15, -0.1) is 0 Å². The lowest BCUT2D eigenvalue weighted by atomic mass is 9.99. The second kappa shape index (κ2) is 8.50. The summed E-state index contributed by atoms with van der Waals surface area (Å²) in [5.74, 6) is 1.47. The Morgan fingerprint density at radius 2 is 1.80 bits per heavy atom. The Bertz CT molecular complexity index is 982. The van der Waals surface area contributed by atoms with Gasteiger partial charge in [0, 0.05) is 18.0 Å².